The summed E-state index contributed by atoms with van der Waals surface area (Å²) in [7, 11) is 0. The molecule has 25 heavy (non-hydrogen) atoms. The second-order valence-electron chi connectivity index (χ2n) is 7.42. The Labute approximate surface area is 164 Å². The number of carbonyl (C=O) groups is 1. The molecular formula is C20H32Cl2N2O. The van der Waals surface area contributed by atoms with Gasteiger partial charge in [-0.1, -0.05) is 30.3 Å². The van der Waals surface area contributed by atoms with Crippen molar-refractivity contribution in [1.29, 1.82) is 0 Å². The second-order valence-corrected chi connectivity index (χ2v) is 7.42. The Kier molecular flexibility index (Phi) is 10.0. The minimum absolute atomic E-state index is 0. The number of carbonyl (C=O) groups excluding carboxylic acids is 1. The van der Waals surface area contributed by atoms with E-state index in [0.29, 0.717) is 11.8 Å². The van der Waals surface area contributed by atoms with E-state index in [1.54, 1.807) is 0 Å². The molecular weight excluding hydrogens is 355 g/mol. The number of piperidine rings is 1. The molecule has 0 unspecified atom stereocenters. The van der Waals surface area contributed by atoms with Gasteiger partial charge in [0.1, 0.15) is 0 Å². The lowest BCUT2D eigenvalue weighted by molar-refractivity contribution is 0.0833. The van der Waals surface area contributed by atoms with E-state index >= 15 is 0 Å². The molecule has 5 heteroatoms. The van der Waals surface area contributed by atoms with Crippen molar-refractivity contribution in [2.24, 2.45) is 17.6 Å². The molecule has 3 nitrogen and oxygen atoms in total. The summed E-state index contributed by atoms with van der Waals surface area (Å²) in [4.78, 5) is 15.1. The number of likely N-dealkylation sites (tertiary alicyclic amines) is 1. The number of nitrogens with zero attached hydrogens (tertiary/aromatic N) is 1. The predicted molar refractivity (Wildman–Crippen MR) is 109 cm³/mol. The van der Waals surface area contributed by atoms with Crippen LogP contribution in [-0.2, 0) is 0 Å². The third kappa shape index (κ3) is 6.56. The van der Waals surface area contributed by atoms with E-state index in [4.69, 9.17) is 5.73 Å². The number of benzene rings is 1. The molecule has 1 aliphatic heterocycles. The fraction of sp³-hybridized carbons (Fsp3) is 0.650. The SMILES string of the molecule is Cl.Cl.N[C@H]1CC[C@H](CCN2CCC(C(=O)c3ccccc3)CC2)CC1. The number of Topliss-reactive ketones (excluding diaryl/α,β-unsaturated/α-hetero) is 1. The van der Waals surface area contributed by atoms with Crippen LogP contribution < -0.4 is 5.73 Å². The molecule has 1 heterocycles. The molecule has 1 aromatic carbocycles. The van der Waals surface area contributed by atoms with Gasteiger partial charge in [-0.05, 0) is 70.5 Å². The maximum Gasteiger partial charge on any atom is 0.166 e. The molecule has 1 saturated heterocycles. The van der Waals surface area contributed by atoms with E-state index in [1.165, 1.54) is 38.6 Å². The van der Waals surface area contributed by atoms with Crippen LogP contribution in [0.15, 0.2) is 30.3 Å². The molecule has 0 radical (unpaired) electrons. The number of rotatable bonds is 5. The van der Waals surface area contributed by atoms with Gasteiger partial charge in [-0.3, -0.25) is 4.79 Å². The summed E-state index contributed by atoms with van der Waals surface area (Å²) in [5, 5.41) is 0. The fourth-order valence-electron chi connectivity index (χ4n) is 4.10. The fourth-order valence-corrected chi connectivity index (χ4v) is 4.10. The van der Waals surface area contributed by atoms with Gasteiger partial charge in [-0.25, -0.2) is 0 Å². The highest BCUT2D eigenvalue weighted by Crippen LogP contribution is 2.27. The third-order valence-electron chi connectivity index (χ3n) is 5.76. The molecule has 0 bridgehead atoms. The van der Waals surface area contributed by atoms with Crippen molar-refractivity contribution in [2.45, 2.75) is 51.0 Å². The first-order valence-corrected chi connectivity index (χ1v) is 9.29. The molecule has 2 fully saturated rings. The van der Waals surface area contributed by atoms with Gasteiger partial charge in [-0.15, -0.1) is 24.8 Å². The van der Waals surface area contributed by atoms with Crippen LogP contribution in [0.4, 0.5) is 0 Å². The van der Waals surface area contributed by atoms with Crippen molar-refractivity contribution in [2.75, 3.05) is 19.6 Å². The maximum atomic E-state index is 12.5. The molecule has 0 amide bonds. The normalized spacial score (nSPS) is 24.8. The highest BCUT2D eigenvalue weighted by Gasteiger charge is 2.26. The molecule has 1 aliphatic carbocycles. The van der Waals surface area contributed by atoms with Crippen LogP contribution in [-0.4, -0.2) is 36.4 Å². The topological polar surface area (TPSA) is 46.3 Å². The highest BCUT2D eigenvalue weighted by atomic mass is 35.5. The summed E-state index contributed by atoms with van der Waals surface area (Å²) in [6, 6.07) is 10.2. The maximum absolute atomic E-state index is 12.5. The first-order chi connectivity index (χ1) is 11.2. The van der Waals surface area contributed by atoms with Crippen LogP contribution in [0.3, 0.4) is 0 Å². The minimum atomic E-state index is 0. The zero-order valence-corrected chi connectivity index (χ0v) is 16.6. The molecule has 1 saturated carbocycles. The molecule has 2 aliphatic rings. The first kappa shape index (κ1) is 22.4. The van der Waals surface area contributed by atoms with Crippen LogP contribution >= 0.6 is 24.8 Å². The standard InChI is InChI=1S/C20H30N2O.2ClH/c21-19-8-6-16(7-9-19)10-13-22-14-11-18(12-15-22)20(23)17-4-2-1-3-5-17;;/h1-5,16,18-19H,6-15,21H2;2*1H/t16-,19-;;. The Bertz CT molecular complexity index is 496. The predicted octanol–water partition coefficient (Wildman–Crippen LogP) is 4.33. The van der Waals surface area contributed by atoms with Crippen molar-refractivity contribution < 1.29 is 4.79 Å². The van der Waals surface area contributed by atoms with Gasteiger partial charge in [0, 0.05) is 17.5 Å². The van der Waals surface area contributed by atoms with Crippen molar-refractivity contribution >= 4 is 30.6 Å². The summed E-state index contributed by atoms with van der Waals surface area (Å²) in [6.45, 7) is 3.36. The quantitative estimate of drug-likeness (QED) is 0.765. The monoisotopic (exact) mass is 386 g/mol. The van der Waals surface area contributed by atoms with Gasteiger partial charge < -0.3 is 10.6 Å². The lowest BCUT2D eigenvalue weighted by atomic mass is 9.84. The number of hydrogen-bond acceptors (Lipinski definition) is 3. The Morgan fingerprint density at radius 3 is 2.16 bits per heavy atom. The third-order valence-corrected chi connectivity index (χ3v) is 5.76. The first-order valence-electron chi connectivity index (χ1n) is 9.29. The summed E-state index contributed by atoms with van der Waals surface area (Å²) in [6.07, 6.45) is 8.38. The Morgan fingerprint density at radius 1 is 0.960 bits per heavy atom. The molecule has 0 aromatic heterocycles. The highest BCUT2D eigenvalue weighted by molar-refractivity contribution is 5.97. The minimum Gasteiger partial charge on any atom is -0.328 e. The van der Waals surface area contributed by atoms with Gasteiger partial charge in [-0.2, -0.15) is 0 Å². The average molecular weight is 387 g/mol. The average Bonchev–Trinajstić information content (AvgIpc) is 2.62. The van der Waals surface area contributed by atoms with Crippen molar-refractivity contribution in [3.8, 4) is 0 Å². The van der Waals surface area contributed by atoms with E-state index in [1.807, 2.05) is 30.3 Å². The number of hydrogen-bond donors (Lipinski definition) is 1. The Morgan fingerprint density at radius 2 is 1.56 bits per heavy atom. The molecule has 0 spiro atoms. The largest absolute Gasteiger partial charge is 0.328 e. The van der Waals surface area contributed by atoms with Crippen LogP contribution in [0.25, 0.3) is 0 Å². The van der Waals surface area contributed by atoms with Crippen molar-refractivity contribution in [1.82, 2.24) is 4.90 Å². The lowest BCUT2D eigenvalue weighted by Crippen LogP contribution is -2.38. The van der Waals surface area contributed by atoms with Gasteiger partial charge >= 0.3 is 0 Å². The molecule has 1 aromatic rings. The Balaban J connectivity index is 0.00000156. The van der Waals surface area contributed by atoms with Crippen molar-refractivity contribution in [3.63, 3.8) is 0 Å². The zero-order chi connectivity index (χ0) is 16.1. The van der Waals surface area contributed by atoms with E-state index in [-0.39, 0.29) is 30.7 Å². The van der Waals surface area contributed by atoms with Crippen LogP contribution in [0.5, 0.6) is 0 Å². The van der Waals surface area contributed by atoms with E-state index in [2.05, 4.69) is 4.90 Å². The van der Waals surface area contributed by atoms with Gasteiger partial charge in [0.2, 0.25) is 0 Å². The van der Waals surface area contributed by atoms with E-state index in [9.17, 15) is 4.79 Å². The van der Waals surface area contributed by atoms with Crippen molar-refractivity contribution in [3.05, 3.63) is 35.9 Å². The molecule has 3 rings (SSSR count). The van der Waals surface area contributed by atoms with Crippen LogP contribution in [0.1, 0.15) is 55.3 Å². The van der Waals surface area contributed by atoms with Gasteiger partial charge in [0.25, 0.3) is 0 Å². The van der Waals surface area contributed by atoms with Gasteiger partial charge in [0.15, 0.2) is 5.78 Å². The molecule has 142 valence electrons. The molecule has 0 atom stereocenters. The number of ketones is 1. The molecule has 2 N–H and O–H groups in total. The summed E-state index contributed by atoms with van der Waals surface area (Å²) in [5.74, 6) is 1.44. The van der Waals surface area contributed by atoms with Gasteiger partial charge in [0.05, 0.1) is 0 Å². The van der Waals surface area contributed by atoms with Crippen LogP contribution in [0, 0.1) is 11.8 Å². The Hall–Kier alpha value is -0.610. The zero-order valence-electron chi connectivity index (χ0n) is 14.9. The lowest BCUT2D eigenvalue weighted by Gasteiger charge is -2.33. The number of halogens is 2. The smallest absolute Gasteiger partial charge is 0.166 e. The van der Waals surface area contributed by atoms with E-state index in [0.717, 1.165) is 37.4 Å². The summed E-state index contributed by atoms with van der Waals surface area (Å²) in [5.41, 5.74) is 6.86. The summed E-state index contributed by atoms with van der Waals surface area (Å²) < 4.78 is 0. The summed E-state index contributed by atoms with van der Waals surface area (Å²) >= 11 is 0. The number of nitrogens with two attached hydrogens (primary N) is 1. The second kappa shape index (κ2) is 11.2. The van der Waals surface area contributed by atoms with Crippen LogP contribution in [0.2, 0.25) is 0 Å². The van der Waals surface area contributed by atoms with E-state index < -0.39 is 0 Å².